The van der Waals surface area contributed by atoms with Crippen LogP contribution in [-0.4, -0.2) is 126 Å². The van der Waals surface area contributed by atoms with Gasteiger partial charge in [0.1, 0.15) is 41.9 Å². The molecule has 0 radical (unpaired) electrons. The van der Waals surface area contributed by atoms with Crippen molar-refractivity contribution in [3.63, 3.8) is 0 Å². The summed E-state index contributed by atoms with van der Waals surface area (Å²) < 4.78 is 11.9. The van der Waals surface area contributed by atoms with Crippen LogP contribution in [0.15, 0.2) is 97.5 Å². The minimum atomic E-state index is -1.52. The molecule has 266 valence electrons. The van der Waals surface area contributed by atoms with Gasteiger partial charge >= 0.3 is 17.1 Å². The Kier molecular flexibility index (Phi) is 13.5. The molecule has 12 nitrogen and oxygen atoms in total. The number of pyridine rings is 3. The van der Waals surface area contributed by atoms with Gasteiger partial charge in [-0.05, 0) is 60.7 Å². The molecular weight excluding hydrogens is 680 g/mol. The first-order valence-corrected chi connectivity index (χ1v) is 16.8. The first-order valence-electron chi connectivity index (χ1n) is 16.8. The normalized spacial score (nSPS) is 25.3. The molecule has 0 spiro atoms. The van der Waals surface area contributed by atoms with Gasteiger partial charge in [-0.25, -0.2) is 0 Å². The molecule has 3 aromatic heterocycles. The van der Waals surface area contributed by atoms with Crippen LogP contribution in [0.4, 0.5) is 0 Å². The molecule has 1 aromatic carbocycles. The van der Waals surface area contributed by atoms with Crippen LogP contribution in [0.3, 0.4) is 0 Å². The number of aliphatic hydroxyl groups excluding tert-OH is 4. The number of quaternary nitrogens is 1. The predicted molar refractivity (Wildman–Crippen MR) is 181 cm³/mol. The van der Waals surface area contributed by atoms with Gasteiger partial charge in [-0.15, -0.1) is 7.05 Å². The fourth-order valence-electron chi connectivity index (χ4n) is 6.65. The molecular formula is C37H46FeN6O6+2. The van der Waals surface area contributed by atoms with Gasteiger partial charge in [0.2, 0.25) is 6.29 Å². The Balaban J connectivity index is 0.00000486. The summed E-state index contributed by atoms with van der Waals surface area (Å²) >= 11 is 0. The van der Waals surface area contributed by atoms with Crippen molar-refractivity contribution in [1.82, 2.24) is 24.8 Å². The van der Waals surface area contributed by atoms with Crippen molar-refractivity contribution < 1.29 is 51.5 Å². The molecule has 5 heterocycles. The largest absolute Gasteiger partial charge is 2.00 e. The maximum atomic E-state index is 10.5. The van der Waals surface area contributed by atoms with Crippen LogP contribution in [0, 0.1) is 7.05 Å². The average molecular weight is 727 g/mol. The molecule has 6 atom stereocenters. The smallest absolute Gasteiger partial charge is 0.462 e. The third-order valence-electron chi connectivity index (χ3n) is 9.49. The summed E-state index contributed by atoms with van der Waals surface area (Å²) in [4.78, 5) is 18.9. The zero-order valence-electron chi connectivity index (χ0n) is 27.9. The van der Waals surface area contributed by atoms with Crippen molar-refractivity contribution in [2.24, 2.45) is 0 Å². The van der Waals surface area contributed by atoms with Crippen LogP contribution in [-0.2, 0) is 34.9 Å². The topological polar surface area (TPSA) is 145 Å². The van der Waals surface area contributed by atoms with Crippen LogP contribution in [0.1, 0.15) is 28.7 Å². The quantitative estimate of drug-likeness (QED) is 0.108. The van der Waals surface area contributed by atoms with E-state index in [4.69, 9.17) is 21.5 Å². The maximum absolute atomic E-state index is 10.5. The maximum Gasteiger partial charge on any atom is 2.00 e. The zero-order chi connectivity index (χ0) is 34.2. The van der Waals surface area contributed by atoms with Crippen molar-refractivity contribution in [3.05, 3.63) is 127 Å². The van der Waals surface area contributed by atoms with Crippen molar-refractivity contribution in [2.45, 2.75) is 49.8 Å². The molecule has 2 saturated heterocycles. The Morgan fingerprint density at radius 1 is 0.740 bits per heavy atom. The monoisotopic (exact) mass is 726 g/mol. The van der Waals surface area contributed by atoms with E-state index >= 15 is 0 Å². The number of hydrogen-bond donors (Lipinski definition) is 4. The van der Waals surface area contributed by atoms with Crippen LogP contribution in [0.25, 0.3) is 0 Å². The van der Waals surface area contributed by atoms with Gasteiger partial charge in [0.15, 0.2) is 0 Å². The summed E-state index contributed by atoms with van der Waals surface area (Å²) in [6.45, 7) is 5.81. The Morgan fingerprint density at radius 3 is 1.80 bits per heavy atom. The molecule has 50 heavy (non-hydrogen) atoms. The molecule has 2 fully saturated rings. The second-order valence-electron chi connectivity index (χ2n) is 12.9. The van der Waals surface area contributed by atoms with E-state index in [1.165, 1.54) is 0 Å². The SMILES string of the molecule is [CH2-][N+]1(C(c2ccc(O[C@@H]3O[C@H](CO)[C@H](O)[C@H](O)[C@H]3O)cc2)c2ccccn2)CCN(Cc2ccccn2)CCN(Cc2ccccn2)CC1.[Fe+2]. The van der Waals surface area contributed by atoms with E-state index in [1.807, 2.05) is 73.2 Å². The van der Waals surface area contributed by atoms with Gasteiger partial charge in [0.05, 0.1) is 31.1 Å². The van der Waals surface area contributed by atoms with E-state index in [2.05, 4.69) is 31.9 Å². The third-order valence-corrected chi connectivity index (χ3v) is 9.49. The van der Waals surface area contributed by atoms with E-state index in [0.717, 1.165) is 75.0 Å². The van der Waals surface area contributed by atoms with Crippen LogP contribution >= 0.6 is 0 Å². The summed E-state index contributed by atoms with van der Waals surface area (Å²) in [5.74, 6) is 0.399. The zero-order valence-corrected chi connectivity index (χ0v) is 29.0. The molecule has 4 N–H and O–H groups in total. The molecule has 13 heteroatoms. The average Bonchev–Trinajstić information content (AvgIpc) is 3.20. The van der Waals surface area contributed by atoms with E-state index in [0.29, 0.717) is 10.2 Å². The van der Waals surface area contributed by atoms with Gasteiger partial charge < -0.3 is 34.4 Å². The molecule has 2 aliphatic rings. The van der Waals surface area contributed by atoms with Crippen LogP contribution in [0.5, 0.6) is 5.75 Å². The third kappa shape index (κ3) is 9.31. The second kappa shape index (κ2) is 17.7. The Hall–Kier alpha value is -3.33. The molecule has 0 aliphatic carbocycles. The minimum Gasteiger partial charge on any atom is -0.462 e. The summed E-state index contributed by atoms with van der Waals surface area (Å²) in [6.07, 6.45) is -1.33. The summed E-state index contributed by atoms with van der Waals surface area (Å²) in [5.41, 5.74) is 3.93. The van der Waals surface area contributed by atoms with Gasteiger partial charge in [-0.1, -0.05) is 18.2 Å². The molecule has 0 bridgehead atoms. The first-order chi connectivity index (χ1) is 23.8. The number of aliphatic hydroxyl groups is 4. The van der Waals surface area contributed by atoms with Crippen molar-refractivity contribution in [1.29, 1.82) is 0 Å². The Bertz CT molecular complexity index is 1520. The number of ether oxygens (including phenoxy) is 2. The fourth-order valence-corrected chi connectivity index (χ4v) is 6.65. The van der Waals surface area contributed by atoms with Crippen LogP contribution < -0.4 is 4.74 Å². The molecule has 2 aliphatic heterocycles. The van der Waals surface area contributed by atoms with Crippen molar-refractivity contribution in [3.8, 4) is 5.75 Å². The number of aromatic nitrogens is 3. The van der Waals surface area contributed by atoms with Gasteiger partial charge in [-0.3, -0.25) is 24.8 Å². The van der Waals surface area contributed by atoms with E-state index in [-0.39, 0.29) is 23.1 Å². The summed E-state index contributed by atoms with van der Waals surface area (Å²) in [6, 6.07) is 25.3. The van der Waals surface area contributed by atoms with E-state index < -0.39 is 37.3 Å². The molecule has 0 amide bonds. The number of hydrogen-bond acceptors (Lipinski definition) is 11. The predicted octanol–water partition coefficient (Wildman–Crippen LogP) is 1.76. The van der Waals surface area contributed by atoms with Crippen molar-refractivity contribution >= 4 is 0 Å². The van der Waals surface area contributed by atoms with Crippen molar-refractivity contribution in [2.75, 3.05) is 45.9 Å². The molecule has 0 saturated carbocycles. The molecule has 1 unspecified atom stereocenters. The van der Waals surface area contributed by atoms with E-state index in [1.54, 1.807) is 12.1 Å². The standard InChI is InChI=1S/C37H46N6O6.Fe/c1-43(22-20-41(24-28-8-2-5-15-38-28)18-19-42(21-23-43)25-29-9-3-6-16-39-29)33(31-10-4-7-17-40-31)27-11-13-30(14-12-27)48-37-36(47)35(46)34(45)32(26-44)49-37;/h2-17,32-37,44-47H,1,18-26H2;/q;+2/t32-,33?,34+,35+,36-,37-;/m1./s1. The van der Waals surface area contributed by atoms with Gasteiger partial charge in [-0.2, -0.15) is 0 Å². The molecule has 4 aromatic rings. The summed E-state index contributed by atoms with van der Waals surface area (Å²) in [5, 5.41) is 40.5. The minimum absolute atomic E-state index is 0. The Labute approximate surface area is 304 Å². The number of benzene rings is 1. The van der Waals surface area contributed by atoms with Gasteiger partial charge in [0.25, 0.3) is 0 Å². The number of nitrogens with zero attached hydrogens (tertiary/aromatic N) is 6. The summed E-state index contributed by atoms with van der Waals surface area (Å²) in [7, 11) is 4.92. The van der Waals surface area contributed by atoms with Gasteiger partial charge in [0, 0.05) is 63.4 Å². The Morgan fingerprint density at radius 2 is 1.30 bits per heavy atom. The second-order valence-corrected chi connectivity index (χ2v) is 12.9. The first kappa shape index (κ1) is 37.9. The fraction of sp³-hybridized carbons (Fsp3) is 0.405. The van der Waals surface area contributed by atoms with E-state index in [9.17, 15) is 20.4 Å². The number of rotatable bonds is 10. The van der Waals surface area contributed by atoms with Crippen LogP contribution in [0.2, 0.25) is 0 Å². The molecule has 6 rings (SSSR count).